The molecule has 1 aromatic rings. The Balaban J connectivity index is 2.79. The van der Waals surface area contributed by atoms with Gasteiger partial charge in [0.1, 0.15) is 5.82 Å². The van der Waals surface area contributed by atoms with E-state index < -0.39 is 0 Å². The van der Waals surface area contributed by atoms with Crippen molar-refractivity contribution in [1.29, 1.82) is 0 Å². The summed E-state index contributed by atoms with van der Waals surface area (Å²) in [6.45, 7) is 6.67. The summed E-state index contributed by atoms with van der Waals surface area (Å²) in [4.78, 5) is 4.41. The summed E-state index contributed by atoms with van der Waals surface area (Å²) < 4.78 is 2.30. The summed E-state index contributed by atoms with van der Waals surface area (Å²) in [6.07, 6.45) is 7.36. The maximum Gasteiger partial charge on any atom is 0.108 e. The molecule has 0 fully saturated rings. The predicted molar refractivity (Wildman–Crippen MR) is 64.1 cm³/mol. The smallest absolute Gasteiger partial charge is 0.108 e. The molecule has 1 heterocycles. The molecule has 2 atom stereocenters. The van der Waals surface area contributed by atoms with Crippen molar-refractivity contribution in [3.63, 3.8) is 0 Å². The number of nitrogens with zero attached hydrogens (tertiary/aromatic N) is 2. The standard InChI is InChI=1S/C12H23N3/c1-5-7-12-14-8-9-15(12)10(3)11(6-2)13-4/h8-11,13H,5-7H2,1-4H3. The lowest BCUT2D eigenvalue weighted by molar-refractivity contribution is 0.372. The number of imidazole rings is 1. The molecular weight excluding hydrogens is 186 g/mol. The molecule has 86 valence electrons. The second kappa shape index (κ2) is 5.91. The molecule has 1 aromatic heterocycles. The molecule has 0 bridgehead atoms. The minimum atomic E-state index is 0.476. The quantitative estimate of drug-likeness (QED) is 0.779. The minimum absolute atomic E-state index is 0.476. The Labute approximate surface area is 92.9 Å². The maximum absolute atomic E-state index is 4.41. The van der Waals surface area contributed by atoms with E-state index in [0.717, 1.165) is 19.3 Å². The summed E-state index contributed by atoms with van der Waals surface area (Å²) in [5.74, 6) is 1.21. The van der Waals surface area contributed by atoms with Crippen LogP contribution in [-0.2, 0) is 6.42 Å². The highest BCUT2D eigenvalue weighted by atomic mass is 15.1. The van der Waals surface area contributed by atoms with Crippen molar-refractivity contribution in [2.75, 3.05) is 7.05 Å². The summed E-state index contributed by atoms with van der Waals surface area (Å²) in [6, 6.07) is 0.999. The minimum Gasteiger partial charge on any atom is -0.331 e. The molecule has 0 radical (unpaired) electrons. The molecule has 0 amide bonds. The van der Waals surface area contributed by atoms with Crippen LogP contribution in [0.4, 0.5) is 0 Å². The van der Waals surface area contributed by atoms with Crippen LogP contribution in [-0.4, -0.2) is 22.6 Å². The first kappa shape index (κ1) is 12.2. The second-order valence-electron chi connectivity index (χ2n) is 4.04. The lowest BCUT2D eigenvalue weighted by Gasteiger charge is -2.25. The van der Waals surface area contributed by atoms with Crippen molar-refractivity contribution in [2.24, 2.45) is 0 Å². The molecule has 3 nitrogen and oxygen atoms in total. The Morgan fingerprint density at radius 2 is 2.20 bits per heavy atom. The van der Waals surface area contributed by atoms with Crippen molar-refractivity contribution in [3.05, 3.63) is 18.2 Å². The summed E-state index contributed by atoms with van der Waals surface area (Å²) in [5, 5.41) is 3.36. The summed E-state index contributed by atoms with van der Waals surface area (Å²) in [5.41, 5.74) is 0. The van der Waals surface area contributed by atoms with Gasteiger partial charge in [0.25, 0.3) is 0 Å². The molecule has 0 aliphatic carbocycles. The zero-order valence-electron chi connectivity index (χ0n) is 10.3. The third-order valence-electron chi connectivity index (χ3n) is 3.05. The first-order valence-electron chi connectivity index (χ1n) is 5.93. The van der Waals surface area contributed by atoms with Crippen molar-refractivity contribution < 1.29 is 0 Å². The van der Waals surface area contributed by atoms with Gasteiger partial charge in [-0.3, -0.25) is 0 Å². The first-order valence-corrected chi connectivity index (χ1v) is 5.93. The van der Waals surface area contributed by atoms with Gasteiger partial charge >= 0.3 is 0 Å². The molecule has 1 N–H and O–H groups in total. The van der Waals surface area contributed by atoms with Crippen molar-refractivity contribution in [2.45, 2.75) is 52.1 Å². The van der Waals surface area contributed by atoms with E-state index in [9.17, 15) is 0 Å². The number of nitrogens with one attached hydrogen (secondary N) is 1. The molecule has 1 rings (SSSR count). The Morgan fingerprint density at radius 3 is 2.73 bits per heavy atom. The van der Waals surface area contributed by atoms with Crippen LogP contribution in [0.3, 0.4) is 0 Å². The van der Waals surface area contributed by atoms with Crippen LogP contribution in [0.15, 0.2) is 12.4 Å². The highest BCUT2D eigenvalue weighted by Gasteiger charge is 2.16. The maximum atomic E-state index is 4.41. The van der Waals surface area contributed by atoms with E-state index in [-0.39, 0.29) is 0 Å². The Bertz CT molecular complexity index is 276. The molecule has 0 aromatic carbocycles. The van der Waals surface area contributed by atoms with Gasteiger partial charge in [0.05, 0.1) is 0 Å². The number of hydrogen-bond acceptors (Lipinski definition) is 2. The van der Waals surface area contributed by atoms with E-state index in [1.165, 1.54) is 5.82 Å². The lowest BCUT2D eigenvalue weighted by atomic mass is 10.1. The summed E-state index contributed by atoms with van der Waals surface area (Å²) >= 11 is 0. The number of aromatic nitrogens is 2. The van der Waals surface area contributed by atoms with E-state index in [2.05, 4.69) is 41.8 Å². The topological polar surface area (TPSA) is 29.9 Å². The lowest BCUT2D eigenvalue weighted by Crippen LogP contribution is -2.33. The van der Waals surface area contributed by atoms with Crippen LogP contribution in [0.2, 0.25) is 0 Å². The molecule has 0 aliphatic rings. The largest absolute Gasteiger partial charge is 0.331 e. The summed E-state index contributed by atoms with van der Waals surface area (Å²) in [7, 11) is 2.03. The number of aryl methyl sites for hydroxylation is 1. The third-order valence-corrected chi connectivity index (χ3v) is 3.05. The van der Waals surface area contributed by atoms with Gasteiger partial charge in [0, 0.05) is 30.9 Å². The van der Waals surface area contributed by atoms with Crippen molar-refractivity contribution in [1.82, 2.24) is 14.9 Å². The Morgan fingerprint density at radius 1 is 1.47 bits per heavy atom. The highest BCUT2D eigenvalue weighted by molar-refractivity contribution is 4.96. The SMILES string of the molecule is CCCc1nccn1C(C)C(CC)NC. The van der Waals surface area contributed by atoms with Gasteiger partial charge in [-0.05, 0) is 26.8 Å². The van der Waals surface area contributed by atoms with Gasteiger partial charge in [0.2, 0.25) is 0 Å². The zero-order chi connectivity index (χ0) is 11.3. The monoisotopic (exact) mass is 209 g/mol. The van der Waals surface area contributed by atoms with Gasteiger partial charge in [-0.25, -0.2) is 4.98 Å². The van der Waals surface area contributed by atoms with E-state index in [1.807, 2.05) is 13.2 Å². The first-order chi connectivity index (χ1) is 7.24. The van der Waals surface area contributed by atoms with Crippen LogP contribution >= 0.6 is 0 Å². The van der Waals surface area contributed by atoms with Gasteiger partial charge in [-0.15, -0.1) is 0 Å². The van der Waals surface area contributed by atoms with Crippen LogP contribution in [0, 0.1) is 0 Å². The molecule has 0 spiro atoms. The van der Waals surface area contributed by atoms with Gasteiger partial charge in [0.15, 0.2) is 0 Å². The van der Waals surface area contributed by atoms with E-state index in [1.54, 1.807) is 0 Å². The number of likely N-dealkylation sites (N-methyl/N-ethyl adjacent to an activating group) is 1. The molecule has 2 unspecified atom stereocenters. The fraction of sp³-hybridized carbons (Fsp3) is 0.750. The van der Waals surface area contributed by atoms with Crippen LogP contribution in [0.5, 0.6) is 0 Å². The van der Waals surface area contributed by atoms with E-state index in [0.29, 0.717) is 12.1 Å². The Kier molecular flexibility index (Phi) is 4.82. The van der Waals surface area contributed by atoms with Gasteiger partial charge in [-0.1, -0.05) is 13.8 Å². The fourth-order valence-corrected chi connectivity index (χ4v) is 2.11. The van der Waals surface area contributed by atoms with Crippen LogP contribution < -0.4 is 5.32 Å². The predicted octanol–water partition coefficient (Wildman–Crippen LogP) is 2.39. The highest BCUT2D eigenvalue weighted by Crippen LogP contribution is 2.16. The van der Waals surface area contributed by atoms with Crippen LogP contribution in [0.1, 0.15) is 45.5 Å². The average molecular weight is 209 g/mol. The van der Waals surface area contributed by atoms with Gasteiger partial charge in [-0.2, -0.15) is 0 Å². The Hall–Kier alpha value is -0.830. The zero-order valence-corrected chi connectivity index (χ0v) is 10.3. The van der Waals surface area contributed by atoms with Crippen molar-refractivity contribution in [3.8, 4) is 0 Å². The van der Waals surface area contributed by atoms with E-state index in [4.69, 9.17) is 0 Å². The second-order valence-corrected chi connectivity index (χ2v) is 4.04. The van der Waals surface area contributed by atoms with Crippen molar-refractivity contribution >= 4 is 0 Å². The normalized spacial score (nSPS) is 15.2. The third kappa shape index (κ3) is 2.81. The molecule has 0 saturated carbocycles. The molecule has 0 aliphatic heterocycles. The number of rotatable bonds is 6. The number of hydrogen-bond donors (Lipinski definition) is 1. The molecule has 15 heavy (non-hydrogen) atoms. The molecule has 0 saturated heterocycles. The molecular formula is C12H23N3. The fourth-order valence-electron chi connectivity index (χ4n) is 2.11. The van der Waals surface area contributed by atoms with E-state index >= 15 is 0 Å². The van der Waals surface area contributed by atoms with Crippen LogP contribution in [0.25, 0.3) is 0 Å². The van der Waals surface area contributed by atoms with Gasteiger partial charge < -0.3 is 9.88 Å². The average Bonchev–Trinajstić information content (AvgIpc) is 2.68. The molecule has 3 heteroatoms.